The van der Waals surface area contributed by atoms with Gasteiger partial charge in [-0.15, -0.1) is 0 Å². The van der Waals surface area contributed by atoms with Crippen LogP contribution in [0.1, 0.15) is 5.69 Å². The number of hydrogen-bond acceptors (Lipinski definition) is 6. The fraction of sp³-hybridized carbons (Fsp3) is 0.250. The molecule has 0 amide bonds. The number of hydrogen-bond donors (Lipinski definition) is 0. The predicted molar refractivity (Wildman–Crippen MR) is 89.1 cm³/mol. The summed E-state index contributed by atoms with van der Waals surface area (Å²) in [6.45, 7) is -2.93. The summed E-state index contributed by atoms with van der Waals surface area (Å²) in [5.41, 5.74) is 1.28. The Labute approximate surface area is 178 Å². The molecule has 0 spiro atoms. The summed E-state index contributed by atoms with van der Waals surface area (Å²) in [4.78, 5) is 12.5. The average molecular weight is 405 g/mol. The molecule has 11 heteroatoms. The molecule has 2 heterocycles. The number of methoxy groups -OCH3 is 2. The van der Waals surface area contributed by atoms with Crippen molar-refractivity contribution in [3.63, 3.8) is 0 Å². The van der Waals surface area contributed by atoms with E-state index in [0.717, 1.165) is 0 Å². The first-order valence-corrected chi connectivity index (χ1v) is 8.66. The van der Waals surface area contributed by atoms with Gasteiger partial charge in [-0.25, -0.2) is 0 Å². The molecule has 7 nitrogen and oxygen atoms in total. The van der Waals surface area contributed by atoms with Gasteiger partial charge in [-0.2, -0.15) is 8.78 Å². The Morgan fingerprint density at radius 1 is 1.19 bits per heavy atom. The van der Waals surface area contributed by atoms with Crippen LogP contribution in [0, 0.1) is 0 Å². The third kappa shape index (κ3) is 5.16. The number of imidazole rings is 1. The summed E-state index contributed by atoms with van der Waals surface area (Å²) in [5, 5.41) is 0.0887. The van der Waals surface area contributed by atoms with Crippen molar-refractivity contribution < 1.29 is 56.8 Å². The van der Waals surface area contributed by atoms with Crippen LogP contribution < -0.4 is 48.8 Å². The van der Waals surface area contributed by atoms with Crippen molar-refractivity contribution in [1.29, 1.82) is 0 Å². The maximum Gasteiger partial charge on any atom is 1.00 e. The van der Waals surface area contributed by atoms with E-state index >= 15 is 0 Å². The summed E-state index contributed by atoms with van der Waals surface area (Å²) in [5.74, 6) is 0.962. The molecule has 0 aliphatic heterocycles. The summed E-state index contributed by atoms with van der Waals surface area (Å²) >= 11 is 0. The van der Waals surface area contributed by atoms with Crippen molar-refractivity contribution in [2.75, 3.05) is 14.2 Å². The Kier molecular flexibility index (Phi) is 7.54. The van der Waals surface area contributed by atoms with Crippen LogP contribution in [0.2, 0.25) is 0 Å². The smallest absolute Gasteiger partial charge is 0.493 e. The van der Waals surface area contributed by atoms with E-state index in [1.165, 1.54) is 38.6 Å². The molecule has 27 heavy (non-hydrogen) atoms. The average Bonchev–Trinajstić information content (AvgIpc) is 3.04. The van der Waals surface area contributed by atoms with Gasteiger partial charge in [0.05, 0.1) is 42.7 Å². The van der Waals surface area contributed by atoms with Crippen LogP contribution in [-0.2, 0) is 16.6 Å². The summed E-state index contributed by atoms with van der Waals surface area (Å²) in [6, 6.07) is 5.78. The van der Waals surface area contributed by atoms with Gasteiger partial charge in [0.1, 0.15) is 5.75 Å². The molecule has 0 N–H and O–H groups in total. The van der Waals surface area contributed by atoms with Crippen molar-refractivity contribution >= 4 is 21.8 Å². The molecule has 0 aliphatic rings. The first-order valence-electron chi connectivity index (χ1n) is 7.34. The maximum atomic E-state index is 12.5. The van der Waals surface area contributed by atoms with Crippen molar-refractivity contribution in [3.05, 3.63) is 36.2 Å². The van der Waals surface area contributed by atoms with E-state index in [0.29, 0.717) is 28.2 Å². The molecule has 1 unspecified atom stereocenters. The monoisotopic (exact) mass is 405 g/mol. The molecular weight excluding hydrogens is 391 g/mol. The zero-order valence-electron chi connectivity index (χ0n) is 14.8. The fourth-order valence-electron chi connectivity index (χ4n) is 2.25. The van der Waals surface area contributed by atoms with Crippen LogP contribution in [0.4, 0.5) is 8.78 Å². The number of alkyl halides is 2. The molecule has 3 rings (SSSR count). The Hall–Kier alpha value is -1.75. The number of halogens is 2. The van der Waals surface area contributed by atoms with Gasteiger partial charge in [0.25, 0.3) is 0 Å². The summed E-state index contributed by atoms with van der Waals surface area (Å²) in [6.07, 6.45) is 1.47. The topological polar surface area (TPSA) is 84.6 Å². The van der Waals surface area contributed by atoms with Crippen molar-refractivity contribution in [1.82, 2.24) is 15.0 Å². The zero-order chi connectivity index (χ0) is 18.7. The van der Waals surface area contributed by atoms with Gasteiger partial charge >= 0.3 is 36.2 Å². The molecule has 0 radical (unpaired) electrons. The van der Waals surface area contributed by atoms with Crippen LogP contribution >= 0.6 is 0 Å². The van der Waals surface area contributed by atoms with Crippen molar-refractivity contribution in [2.45, 2.75) is 17.5 Å². The van der Waals surface area contributed by atoms with E-state index in [1.807, 2.05) is 0 Å². The molecule has 1 atom stereocenters. The second kappa shape index (κ2) is 9.45. The van der Waals surface area contributed by atoms with Crippen molar-refractivity contribution in [2.24, 2.45) is 0 Å². The van der Waals surface area contributed by atoms with Gasteiger partial charge in [0.15, 0.2) is 11.5 Å². The second-order valence-electron chi connectivity index (χ2n) is 5.06. The Morgan fingerprint density at radius 3 is 2.59 bits per heavy atom. The van der Waals surface area contributed by atoms with Crippen LogP contribution in [0.3, 0.4) is 0 Å². The van der Waals surface area contributed by atoms with Gasteiger partial charge in [-0.3, -0.25) is 9.19 Å². The van der Waals surface area contributed by atoms with Gasteiger partial charge in [-0.05, 0) is 23.2 Å². The number of fused-ring (bicyclic) bond motifs is 1. The molecule has 0 fully saturated rings. The van der Waals surface area contributed by atoms with E-state index < -0.39 is 17.4 Å². The van der Waals surface area contributed by atoms with Crippen LogP contribution in [0.15, 0.2) is 35.6 Å². The quantitative estimate of drug-likeness (QED) is 0.491. The molecule has 0 saturated carbocycles. The van der Waals surface area contributed by atoms with Gasteiger partial charge < -0.3 is 24.2 Å². The van der Waals surface area contributed by atoms with Gasteiger partial charge in [0, 0.05) is 11.2 Å². The number of benzene rings is 1. The third-order valence-electron chi connectivity index (χ3n) is 3.41. The maximum absolute atomic E-state index is 12.5. The van der Waals surface area contributed by atoms with E-state index in [2.05, 4.69) is 19.7 Å². The number of pyridine rings is 1. The van der Waals surface area contributed by atoms with Gasteiger partial charge in [-0.1, -0.05) is 6.07 Å². The minimum absolute atomic E-state index is 0. The first-order chi connectivity index (χ1) is 12.5. The standard InChI is InChI=1S/C16H14F2N3O4S.Na/c1-23-13-5-9(19-7-14(13)24-2)8-26(22)16-20-11-4-3-10(25-15(17)18)6-12(11)21-16;/h3-7,15H,8H2,1-2H3;/q-1;+1. The largest absolute Gasteiger partial charge is 1.00 e. The fourth-order valence-corrected chi connectivity index (χ4v) is 3.21. The van der Waals surface area contributed by atoms with Crippen LogP contribution in [0.25, 0.3) is 11.0 Å². The molecule has 2 aromatic heterocycles. The summed E-state index contributed by atoms with van der Waals surface area (Å²) < 4.78 is 51.7. The zero-order valence-corrected chi connectivity index (χ0v) is 17.6. The van der Waals surface area contributed by atoms with E-state index in [1.54, 1.807) is 6.07 Å². The van der Waals surface area contributed by atoms with Gasteiger partial charge in [0.2, 0.25) is 0 Å². The molecule has 0 aliphatic carbocycles. The number of rotatable bonds is 7. The molecule has 3 aromatic rings. The number of nitrogens with zero attached hydrogens (tertiary/aromatic N) is 3. The van der Waals surface area contributed by atoms with Crippen LogP contribution in [-0.4, -0.2) is 35.0 Å². The van der Waals surface area contributed by atoms with Crippen LogP contribution in [0.5, 0.6) is 17.2 Å². The van der Waals surface area contributed by atoms with E-state index in [4.69, 9.17) is 9.47 Å². The predicted octanol–water partition coefficient (Wildman–Crippen LogP) is -0.483. The Bertz CT molecular complexity index is 955. The SMILES string of the molecule is COc1cnc(CS(=O)c2nc3cc(OC(F)F)ccc3[n-]2)cc1OC.[Na+]. The molecule has 0 bridgehead atoms. The Morgan fingerprint density at radius 2 is 1.93 bits per heavy atom. The summed E-state index contributed by atoms with van der Waals surface area (Å²) in [7, 11) is 1.41. The molecular formula is C16H14F2N3NaO4S. The number of aromatic nitrogens is 3. The van der Waals surface area contributed by atoms with Crippen molar-refractivity contribution in [3.8, 4) is 17.2 Å². The number of ether oxygens (including phenoxy) is 3. The molecule has 138 valence electrons. The molecule has 0 saturated heterocycles. The third-order valence-corrected chi connectivity index (χ3v) is 4.56. The first kappa shape index (κ1) is 21.5. The minimum atomic E-state index is -2.93. The van der Waals surface area contributed by atoms with E-state index in [-0.39, 0.29) is 46.2 Å². The van der Waals surface area contributed by atoms with E-state index in [9.17, 15) is 13.0 Å². The Balaban J connectivity index is 0.00000261. The molecule has 1 aromatic carbocycles. The normalized spacial score (nSPS) is 11.9. The second-order valence-corrected chi connectivity index (χ2v) is 6.40. The minimum Gasteiger partial charge on any atom is -0.493 e.